The van der Waals surface area contributed by atoms with E-state index in [1.54, 1.807) is 0 Å². The minimum atomic E-state index is 0.331. The fourth-order valence-electron chi connectivity index (χ4n) is 3.16. The van der Waals surface area contributed by atoms with Crippen molar-refractivity contribution in [1.82, 2.24) is 19.9 Å². The molecule has 0 spiro atoms. The number of rotatable bonds is 4. The molecule has 0 radical (unpaired) electrons. The van der Waals surface area contributed by atoms with Crippen LogP contribution in [0, 0.1) is 6.92 Å². The number of aryl methyl sites for hydroxylation is 1. The van der Waals surface area contributed by atoms with E-state index in [9.17, 15) is 0 Å². The molecule has 4 rings (SSSR count). The first kappa shape index (κ1) is 16.0. The number of nitrogens with zero attached hydrogens (tertiary/aromatic N) is 6. The molecule has 2 aromatic heterocycles. The summed E-state index contributed by atoms with van der Waals surface area (Å²) in [6.45, 7) is 6.96. The van der Waals surface area contributed by atoms with Crippen LogP contribution in [0.25, 0.3) is 0 Å². The molecule has 0 aliphatic carbocycles. The summed E-state index contributed by atoms with van der Waals surface area (Å²) in [6.07, 6.45) is 6.58. The summed E-state index contributed by atoms with van der Waals surface area (Å²) in [5, 5.41) is 3.53. The maximum atomic E-state index is 5.39. The molecule has 4 heterocycles. The van der Waals surface area contributed by atoms with E-state index >= 15 is 0 Å². The Morgan fingerprint density at radius 1 is 1.04 bits per heavy atom. The highest BCUT2D eigenvalue weighted by molar-refractivity contribution is 5.44. The van der Waals surface area contributed by atoms with Crippen molar-refractivity contribution in [2.24, 2.45) is 0 Å². The lowest BCUT2D eigenvalue weighted by molar-refractivity contribution is 0.122. The summed E-state index contributed by atoms with van der Waals surface area (Å²) in [7, 11) is 0. The number of hydrogen-bond donors (Lipinski definition) is 1. The standard InChI is InChI=1S/C17H23N7O/c1-13-10-19-16(20-11-13)24-5-3-14(12-24)21-15-2-4-18-17(22-15)23-6-8-25-9-7-23/h2,4,10-11,14H,3,5-9,12H2,1H3,(H,18,21,22). The zero-order valence-corrected chi connectivity index (χ0v) is 14.4. The van der Waals surface area contributed by atoms with Crippen molar-refractivity contribution in [3.8, 4) is 0 Å². The van der Waals surface area contributed by atoms with E-state index in [2.05, 4.69) is 35.1 Å². The first-order valence-corrected chi connectivity index (χ1v) is 8.74. The van der Waals surface area contributed by atoms with Crippen molar-refractivity contribution in [2.45, 2.75) is 19.4 Å². The van der Waals surface area contributed by atoms with Gasteiger partial charge < -0.3 is 19.9 Å². The quantitative estimate of drug-likeness (QED) is 0.886. The highest BCUT2D eigenvalue weighted by Crippen LogP contribution is 2.19. The molecule has 0 aromatic carbocycles. The summed E-state index contributed by atoms with van der Waals surface area (Å²) in [5.74, 6) is 2.43. The second-order valence-electron chi connectivity index (χ2n) is 6.48. The fourth-order valence-corrected chi connectivity index (χ4v) is 3.16. The van der Waals surface area contributed by atoms with Crippen molar-refractivity contribution in [1.29, 1.82) is 0 Å². The fraction of sp³-hybridized carbons (Fsp3) is 0.529. The molecule has 2 aliphatic rings. The normalized spacial score (nSPS) is 20.8. The lowest BCUT2D eigenvalue weighted by Gasteiger charge is -2.27. The molecule has 1 N–H and O–H groups in total. The van der Waals surface area contributed by atoms with Crippen molar-refractivity contribution in [3.05, 3.63) is 30.2 Å². The topological polar surface area (TPSA) is 79.3 Å². The number of morpholine rings is 1. The van der Waals surface area contributed by atoms with Gasteiger partial charge in [0.15, 0.2) is 0 Å². The lowest BCUT2D eigenvalue weighted by Crippen LogP contribution is -2.37. The third kappa shape index (κ3) is 3.79. The molecule has 25 heavy (non-hydrogen) atoms. The minimum Gasteiger partial charge on any atom is -0.378 e. The molecule has 1 unspecified atom stereocenters. The predicted octanol–water partition coefficient (Wildman–Crippen LogP) is 1.10. The molecule has 2 aromatic rings. The number of hydrogen-bond acceptors (Lipinski definition) is 8. The van der Waals surface area contributed by atoms with Crippen LogP contribution in [0.1, 0.15) is 12.0 Å². The maximum absolute atomic E-state index is 5.39. The first-order chi connectivity index (χ1) is 12.3. The van der Waals surface area contributed by atoms with E-state index in [0.29, 0.717) is 6.04 Å². The van der Waals surface area contributed by atoms with Crippen LogP contribution >= 0.6 is 0 Å². The van der Waals surface area contributed by atoms with Crippen LogP contribution in [0.2, 0.25) is 0 Å². The largest absolute Gasteiger partial charge is 0.378 e. The zero-order valence-electron chi connectivity index (χ0n) is 14.4. The lowest BCUT2D eigenvalue weighted by atomic mass is 10.2. The van der Waals surface area contributed by atoms with Gasteiger partial charge in [-0.3, -0.25) is 0 Å². The molecular formula is C17H23N7O. The van der Waals surface area contributed by atoms with E-state index in [1.165, 1.54) is 0 Å². The molecule has 2 saturated heterocycles. The summed E-state index contributed by atoms with van der Waals surface area (Å²) in [4.78, 5) is 22.3. The minimum absolute atomic E-state index is 0.331. The highest BCUT2D eigenvalue weighted by atomic mass is 16.5. The number of anilines is 3. The Morgan fingerprint density at radius 3 is 2.64 bits per heavy atom. The van der Waals surface area contributed by atoms with E-state index in [4.69, 9.17) is 4.74 Å². The summed E-state index contributed by atoms with van der Waals surface area (Å²) in [5.41, 5.74) is 1.08. The number of ether oxygens (including phenoxy) is 1. The van der Waals surface area contributed by atoms with Gasteiger partial charge in [-0.05, 0) is 25.0 Å². The molecule has 2 aliphatic heterocycles. The Bertz CT molecular complexity index is 702. The average Bonchev–Trinajstić information content (AvgIpc) is 3.12. The van der Waals surface area contributed by atoms with Crippen LogP contribution in [0.3, 0.4) is 0 Å². The molecular weight excluding hydrogens is 318 g/mol. The Kier molecular flexibility index (Phi) is 4.60. The molecule has 0 saturated carbocycles. The Labute approximate surface area is 147 Å². The van der Waals surface area contributed by atoms with Gasteiger partial charge in [-0.2, -0.15) is 4.98 Å². The van der Waals surface area contributed by atoms with Crippen LogP contribution in [-0.2, 0) is 4.74 Å². The van der Waals surface area contributed by atoms with Crippen LogP contribution in [0.4, 0.5) is 17.7 Å². The maximum Gasteiger partial charge on any atom is 0.227 e. The Morgan fingerprint density at radius 2 is 1.84 bits per heavy atom. The SMILES string of the molecule is Cc1cnc(N2CCC(Nc3ccnc(N4CCOCC4)n3)C2)nc1. The van der Waals surface area contributed by atoms with Crippen LogP contribution in [-0.4, -0.2) is 65.4 Å². The van der Waals surface area contributed by atoms with Gasteiger partial charge in [0.2, 0.25) is 11.9 Å². The van der Waals surface area contributed by atoms with Gasteiger partial charge in [0.05, 0.1) is 13.2 Å². The van der Waals surface area contributed by atoms with Crippen molar-refractivity contribution < 1.29 is 4.74 Å². The smallest absolute Gasteiger partial charge is 0.227 e. The molecule has 1 atom stereocenters. The monoisotopic (exact) mass is 341 g/mol. The predicted molar refractivity (Wildman–Crippen MR) is 96.1 cm³/mol. The van der Waals surface area contributed by atoms with Gasteiger partial charge >= 0.3 is 0 Å². The van der Waals surface area contributed by atoms with Crippen LogP contribution in [0.5, 0.6) is 0 Å². The summed E-state index contributed by atoms with van der Waals surface area (Å²) in [6, 6.07) is 2.26. The third-order valence-corrected chi connectivity index (χ3v) is 4.53. The van der Waals surface area contributed by atoms with Gasteiger partial charge in [-0.25, -0.2) is 15.0 Å². The zero-order chi connectivity index (χ0) is 17.1. The number of nitrogens with one attached hydrogen (secondary N) is 1. The highest BCUT2D eigenvalue weighted by Gasteiger charge is 2.24. The number of aromatic nitrogens is 4. The van der Waals surface area contributed by atoms with E-state index in [-0.39, 0.29) is 0 Å². The molecule has 8 nitrogen and oxygen atoms in total. The second kappa shape index (κ2) is 7.18. The van der Waals surface area contributed by atoms with Gasteiger partial charge in [-0.15, -0.1) is 0 Å². The van der Waals surface area contributed by atoms with E-state index in [1.807, 2.05) is 31.6 Å². The summed E-state index contributed by atoms with van der Waals surface area (Å²) >= 11 is 0. The second-order valence-corrected chi connectivity index (χ2v) is 6.48. The summed E-state index contributed by atoms with van der Waals surface area (Å²) < 4.78 is 5.39. The molecule has 2 fully saturated rings. The Hall–Kier alpha value is -2.48. The van der Waals surface area contributed by atoms with Crippen molar-refractivity contribution >= 4 is 17.7 Å². The van der Waals surface area contributed by atoms with Crippen molar-refractivity contribution in [2.75, 3.05) is 54.5 Å². The van der Waals surface area contributed by atoms with Gasteiger partial charge in [0.1, 0.15) is 5.82 Å². The van der Waals surface area contributed by atoms with E-state index < -0.39 is 0 Å². The van der Waals surface area contributed by atoms with Gasteiger partial charge in [-0.1, -0.05) is 0 Å². The first-order valence-electron chi connectivity index (χ1n) is 8.74. The van der Waals surface area contributed by atoms with E-state index in [0.717, 1.165) is 69.1 Å². The average molecular weight is 341 g/mol. The molecule has 0 bridgehead atoms. The molecule has 132 valence electrons. The van der Waals surface area contributed by atoms with Crippen LogP contribution in [0.15, 0.2) is 24.7 Å². The third-order valence-electron chi connectivity index (χ3n) is 4.53. The van der Waals surface area contributed by atoms with Gasteiger partial charge in [0.25, 0.3) is 0 Å². The molecule has 8 heteroatoms. The van der Waals surface area contributed by atoms with Crippen LogP contribution < -0.4 is 15.1 Å². The van der Waals surface area contributed by atoms with Gasteiger partial charge in [0, 0.05) is 50.8 Å². The molecule has 0 amide bonds. The van der Waals surface area contributed by atoms with Crippen molar-refractivity contribution in [3.63, 3.8) is 0 Å². The Balaban J connectivity index is 1.38.